The normalized spacial score (nSPS) is 29.8. The number of methoxy groups -OCH3 is 1. The first-order valence-corrected chi connectivity index (χ1v) is 8.12. The number of carbonyl (C=O) groups excluding carboxylic acids is 1. The van der Waals surface area contributed by atoms with E-state index in [0.29, 0.717) is 0 Å². The summed E-state index contributed by atoms with van der Waals surface area (Å²) in [6.07, 6.45) is 8.88. The lowest BCUT2D eigenvalue weighted by Gasteiger charge is -2.38. The van der Waals surface area contributed by atoms with E-state index in [9.17, 15) is 4.79 Å². The van der Waals surface area contributed by atoms with Crippen LogP contribution in [0, 0.1) is 5.92 Å². The van der Waals surface area contributed by atoms with Crippen molar-refractivity contribution in [2.24, 2.45) is 5.92 Å². The highest BCUT2D eigenvalue weighted by Crippen LogP contribution is 2.36. The van der Waals surface area contributed by atoms with Gasteiger partial charge in [-0.25, -0.2) is 0 Å². The third-order valence-corrected chi connectivity index (χ3v) is 5.42. The number of hydrogen-bond acceptors (Lipinski definition) is 4. The second-order valence-electron chi connectivity index (χ2n) is 6.61. The van der Waals surface area contributed by atoms with Gasteiger partial charge in [-0.05, 0) is 71.5 Å². The fourth-order valence-corrected chi connectivity index (χ4v) is 4.02. The summed E-state index contributed by atoms with van der Waals surface area (Å²) in [5, 5.41) is 3.12. The maximum Gasteiger partial charge on any atom is 0.325 e. The Morgan fingerprint density at radius 3 is 2.80 bits per heavy atom. The number of fused-ring (bicyclic) bond motifs is 1. The number of esters is 1. The lowest BCUT2D eigenvalue weighted by atomic mass is 9.91. The fraction of sp³-hybridized carbons (Fsp3) is 0.938. The van der Waals surface area contributed by atoms with Gasteiger partial charge in [0.05, 0.1) is 7.11 Å². The SMILES string of the molecule is CNC(C)(CCCN1CCCC2CCCC21)C(=O)OC. The minimum absolute atomic E-state index is 0.155. The highest BCUT2D eigenvalue weighted by molar-refractivity contribution is 5.80. The number of likely N-dealkylation sites (N-methyl/N-ethyl adjacent to an activating group) is 1. The number of piperidine rings is 1. The summed E-state index contributed by atoms with van der Waals surface area (Å²) in [4.78, 5) is 14.5. The van der Waals surface area contributed by atoms with E-state index in [1.54, 1.807) is 0 Å². The number of nitrogens with zero attached hydrogens (tertiary/aromatic N) is 1. The second-order valence-corrected chi connectivity index (χ2v) is 6.61. The van der Waals surface area contributed by atoms with Crippen LogP contribution in [0.5, 0.6) is 0 Å². The van der Waals surface area contributed by atoms with Crippen molar-refractivity contribution in [2.45, 2.75) is 63.5 Å². The molecule has 1 N–H and O–H groups in total. The van der Waals surface area contributed by atoms with Crippen LogP contribution >= 0.6 is 0 Å². The van der Waals surface area contributed by atoms with Gasteiger partial charge in [-0.15, -0.1) is 0 Å². The van der Waals surface area contributed by atoms with Crippen LogP contribution in [0.1, 0.15) is 51.9 Å². The Morgan fingerprint density at radius 2 is 2.10 bits per heavy atom. The quantitative estimate of drug-likeness (QED) is 0.758. The van der Waals surface area contributed by atoms with Gasteiger partial charge >= 0.3 is 5.97 Å². The zero-order valence-corrected chi connectivity index (χ0v) is 13.3. The summed E-state index contributed by atoms with van der Waals surface area (Å²) in [6, 6.07) is 0.822. The van der Waals surface area contributed by atoms with Crippen molar-refractivity contribution in [3.63, 3.8) is 0 Å². The largest absolute Gasteiger partial charge is 0.468 e. The van der Waals surface area contributed by atoms with Gasteiger partial charge in [0.25, 0.3) is 0 Å². The van der Waals surface area contributed by atoms with Crippen LogP contribution in [0.25, 0.3) is 0 Å². The van der Waals surface area contributed by atoms with Gasteiger partial charge in [0.1, 0.15) is 5.54 Å². The number of hydrogen-bond donors (Lipinski definition) is 1. The minimum atomic E-state index is -0.542. The summed E-state index contributed by atoms with van der Waals surface area (Å²) in [7, 11) is 3.30. The van der Waals surface area contributed by atoms with E-state index >= 15 is 0 Å². The van der Waals surface area contributed by atoms with Crippen LogP contribution in [-0.4, -0.2) is 49.7 Å². The Balaban J connectivity index is 1.81. The van der Waals surface area contributed by atoms with Crippen LogP contribution in [-0.2, 0) is 9.53 Å². The molecule has 2 fully saturated rings. The summed E-state index contributed by atoms with van der Waals surface area (Å²) >= 11 is 0. The molecule has 3 unspecified atom stereocenters. The van der Waals surface area contributed by atoms with Crippen molar-refractivity contribution < 1.29 is 9.53 Å². The molecule has 2 rings (SSSR count). The third-order valence-electron chi connectivity index (χ3n) is 5.42. The number of carbonyl (C=O) groups is 1. The molecule has 0 aromatic carbocycles. The average molecular weight is 282 g/mol. The molecule has 116 valence electrons. The molecule has 1 saturated heterocycles. The van der Waals surface area contributed by atoms with Gasteiger partial charge in [0.2, 0.25) is 0 Å². The van der Waals surface area contributed by atoms with E-state index in [0.717, 1.165) is 31.3 Å². The topological polar surface area (TPSA) is 41.6 Å². The van der Waals surface area contributed by atoms with Crippen LogP contribution in [0.3, 0.4) is 0 Å². The molecule has 1 saturated carbocycles. The predicted molar refractivity (Wildman–Crippen MR) is 80.7 cm³/mol. The van der Waals surface area contributed by atoms with Crippen molar-refractivity contribution in [3.8, 4) is 0 Å². The Kier molecular flexibility index (Phi) is 5.44. The monoisotopic (exact) mass is 282 g/mol. The van der Waals surface area contributed by atoms with Gasteiger partial charge in [-0.1, -0.05) is 6.42 Å². The Morgan fingerprint density at radius 1 is 1.35 bits per heavy atom. The van der Waals surface area contributed by atoms with Gasteiger partial charge in [0, 0.05) is 6.04 Å². The van der Waals surface area contributed by atoms with Crippen LogP contribution < -0.4 is 5.32 Å². The smallest absolute Gasteiger partial charge is 0.325 e. The fourth-order valence-electron chi connectivity index (χ4n) is 4.02. The Bertz CT molecular complexity index is 334. The highest BCUT2D eigenvalue weighted by Gasteiger charge is 2.36. The molecule has 4 nitrogen and oxygen atoms in total. The molecule has 1 heterocycles. The van der Waals surface area contributed by atoms with E-state index in [-0.39, 0.29) is 5.97 Å². The molecule has 0 radical (unpaired) electrons. The molecular weight excluding hydrogens is 252 g/mol. The number of rotatable bonds is 6. The van der Waals surface area contributed by atoms with Crippen molar-refractivity contribution in [1.29, 1.82) is 0 Å². The lowest BCUT2D eigenvalue weighted by Crippen LogP contribution is -2.49. The van der Waals surface area contributed by atoms with Crippen LogP contribution in [0.2, 0.25) is 0 Å². The molecule has 0 spiro atoms. The first-order valence-electron chi connectivity index (χ1n) is 8.12. The minimum Gasteiger partial charge on any atom is -0.468 e. The third kappa shape index (κ3) is 3.34. The molecule has 0 aromatic rings. The maximum atomic E-state index is 11.8. The number of ether oxygens (including phenoxy) is 1. The Hall–Kier alpha value is -0.610. The van der Waals surface area contributed by atoms with Crippen LogP contribution in [0.15, 0.2) is 0 Å². The first-order chi connectivity index (χ1) is 9.60. The van der Waals surface area contributed by atoms with Gasteiger partial charge < -0.3 is 15.0 Å². The molecule has 0 aromatic heterocycles. The maximum absolute atomic E-state index is 11.8. The van der Waals surface area contributed by atoms with Crippen molar-refractivity contribution in [3.05, 3.63) is 0 Å². The number of likely N-dealkylation sites (tertiary alicyclic amines) is 1. The van der Waals surface area contributed by atoms with E-state index in [1.165, 1.54) is 45.8 Å². The average Bonchev–Trinajstić information content (AvgIpc) is 2.95. The number of nitrogens with one attached hydrogen (secondary N) is 1. The predicted octanol–water partition coefficient (Wildman–Crippen LogP) is 2.18. The summed E-state index contributed by atoms with van der Waals surface area (Å²) in [5.74, 6) is 0.789. The molecule has 1 aliphatic carbocycles. The zero-order chi connectivity index (χ0) is 14.6. The molecule has 0 amide bonds. The van der Waals surface area contributed by atoms with E-state index in [1.807, 2.05) is 14.0 Å². The molecular formula is C16H30N2O2. The van der Waals surface area contributed by atoms with E-state index in [4.69, 9.17) is 4.74 Å². The van der Waals surface area contributed by atoms with Crippen LogP contribution in [0.4, 0.5) is 0 Å². The molecule has 0 bridgehead atoms. The van der Waals surface area contributed by atoms with Crippen molar-refractivity contribution in [1.82, 2.24) is 10.2 Å². The molecule has 4 heteroatoms. The van der Waals surface area contributed by atoms with Gasteiger partial charge in [-0.3, -0.25) is 4.79 Å². The summed E-state index contributed by atoms with van der Waals surface area (Å²) in [6.45, 7) is 4.30. The van der Waals surface area contributed by atoms with E-state index in [2.05, 4.69) is 10.2 Å². The molecule has 20 heavy (non-hydrogen) atoms. The van der Waals surface area contributed by atoms with Gasteiger partial charge in [-0.2, -0.15) is 0 Å². The lowest BCUT2D eigenvalue weighted by molar-refractivity contribution is -0.148. The zero-order valence-electron chi connectivity index (χ0n) is 13.3. The van der Waals surface area contributed by atoms with E-state index < -0.39 is 5.54 Å². The second kappa shape index (κ2) is 6.90. The summed E-state index contributed by atoms with van der Waals surface area (Å²) < 4.78 is 4.90. The van der Waals surface area contributed by atoms with Crippen molar-refractivity contribution in [2.75, 3.05) is 27.2 Å². The Labute approximate surface area is 123 Å². The summed E-state index contributed by atoms with van der Waals surface area (Å²) in [5.41, 5.74) is -0.542. The highest BCUT2D eigenvalue weighted by atomic mass is 16.5. The molecule has 2 aliphatic rings. The van der Waals surface area contributed by atoms with Crippen molar-refractivity contribution >= 4 is 5.97 Å². The van der Waals surface area contributed by atoms with Gasteiger partial charge in [0.15, 0.2) is 0 Å². The standard InChI is InChI=1S/C16H30N2O2/c1-16(17-2,15(19)20-3)10-6-12-18-11-5-8-13-7-4-9-14(13)18/h13-14,17H,4-12H2,1-3H3. The molecule has 3 atom stereocenters. The molecule has 1 aliphatic heterocycles. The first kappa shape index (κ1) is 15.8.